The van der Waals surface area contributed by atoms with Crippen LogP contribution in [0.5, 0.6) is 0 Å². The lowest BCUT2D eigenvalue weighted by Crippen LogP contribution is -1.89. The molecule has 0 saturated heterocycles. The van der Waals surface area contributed by atoms with Crippen molar-refractivity contribution in [2.24, 2.45) is 0 Å². The second-order valence-corrected chi connectivity index (χ2v) is 3.82. The van der Waals surface area contributed by atoms with Crippen LogP contribution in [0.3, 0.4) is 0 Å². The average Bonchev–Trinajstić information content (AvgIpc) is 2.07. The normalized spacial score (nSPS) is 11.0. The van der Waals surface area contributed by atoms with Crippen molar-refractivity contribution >= 4 is 9.76 Å². The highest BCUT2D eigenvalue weighted by Crippen LogP contribution is 2.03. The van der Waals surface area contributed by atoms with Crippen LogP contribution in [0.25, 0.3) is 0 Å². The molecule has 1 aromatic rings. The molecule has 0 unspecified atom stereocenters. The summed E-state index contributed by atoms with van der Waals surface area (Å²) in [5.74, 6) is 0. The molecule has 0 aliphatic rings. The number of hydrogen-bond acceptors (Lipinski definition) is 1. The van der Waals surface area contributed by atoms with E-state index in [0.717, 1.165) is 18.9 Å². The van der Waals surface area contributed by atoms with Crippen LogP contribution in [0, 0.1) is 0 Å². The van der Waals surface area contributed by atoms with Gasteiger partial charge in [0.2, 0.25) is 0 Å². The zero-order valence-electron chi connectivity index (χ0n) is 6.66. The van der Waals surface area contributed by atoms with Gasteiger partial charge in [-0.25, -0.2) is 0 Å². The summed E-state index contributed by atoms with van der Waals surface area (Å²) >= 11 is 0. The van der Waals surface area contributed by atoms with E-state index in [1.165, 1.54) is 5.56 Å². The molecule has 60 valence electrons. The van der Waals surface area contributed by atoms with Crippen molar-refractivity contribution in [1.29, 1.82) is 0 Å². The summed E-state index contributed by atoms with van der Waals surface area (Å²) in [7, 11) is -0.702. The predicted molar refractivity (Wildman–Crippen MR) is 50.3 cm³/mol. The summed E-state index contributed by atoms with van der Waals surface area (Å²) in [6, 6.07) is 11.5. The topological polar surface area (TPSA) is 20.2 Å². The lowest BCUT2D eigenvalue weighted by atomic mass is 10.1. The zero-order chi connectivity index (χ0) is 7.94. The lowest BCUT2D eigenvalue weighted by molar-refractivity contribution is 0.596. The van der Waals surface area contributed by atoms with E-state index in [1.54, 1.807) is 0 Å². The van der Waals surface area contributed by atoms with Gasteiger partial charge in [0.25, 0.3) is 0 Å². The fourth-order valence-electron chi connectivity index (χ4n) is 1.09. The Bertz CT molecular complexity index is 186. The highest BCUT2D eigenvalue weighted by atomic mass is 28.2. The second kappa shape index (κ2) is 5.10. The lowest BCUT2D eigenvalue weighted by Gasteiger charge is -1.97. The Morgan fingerprint density at radius 1 is 1.18 bits per heavy atom. The van der Waals surface area contributed by atoms with Crippen molar-refractivity contribution < 1.29 is 4.80 Å². The molecule has 0 aromatic heterocycles. The third-order valence-corrected chi connectivity index (χ3v) is 2.53. The van der Waals surface area contributed by atoms with Crippen LogP contribution in [-0.2, 0) is 6.42 Å². The van der Waals surface area contributed by atoms with E-state index in [9.17, 15) is 0 Å². The highest BCUT2D eigenvalue weighted by Gasteiger charge is 1.90. The Kier molecular flexibility index (Phi) is 3.94. The third kappa shape index (κ3) is 3.35. The molecule has 0 fully saturated rings. The van der Waals surface area contributed by atoms with Crippen LogP contribution < -0.4 is 0 Å². The van der Waals surface area contributed by atoms with Gasteiger partial charge in [-0.3, -0.25) is 0 Å². The monoisotopic (exact) mass is 166 g/mol. The minimum atomic E-state index is -0.702. The van der Waals surface area contributed by atoms with Crippen LogP contribution in [0.1, 0.15) is 12.0 Å². The Morgan fingerprint density at radius 2 is 1.91 bits per heavy atom. The summed E-state index contributed by atoms with van der Waals surface area (Å²) in [5.41, 5.74) is 1.38. The quantitative estimate of drug-likeness (QED) is 0.525. The molecule has 11 heavy (non-hydrogen) atoms. The molecule has 0 saturated carbocycles. The van der Waals surface area contributed by atoms with E-state index in [1.807, 2.05) is 6.07 Å². The summed E-state index contributed by atoms with van der Waals surface area (Å²) in [5, 5.41) is 0. The standard InChI is InChI=1S/C9H14OSi/c10-11-8-4-7-9-5-2-1-3-6-9/h1-3,5-6,10H,4,7-8,11H2. The molecule has 0 spiro atoms. The largest absolute Gasteiger partial charge is 0.438 e. The van der Waals surface area contributed by atoms with Crippen molar-refractivity contribution in [3.8, 4) is 0 Å². The van der Waals surface area contributed by atoms with Crippen molar-refractivity contribution in [1.82, 2.24) is 0 Å². The van der Waals surface area contributed by atoms with Gasteiger partial charge in [0.05, 0.1) is 0 Å². The summed E-state index contributed by atoms with van der Waals surface area (Å²) < 4.78 is 0. The molecular formula is C9H14OSi. The predicted octanol–water partition coefficient (Wildman–Crippen LogP) is 1.11. The summed E-state index contributed by atoms with van der Waals surface area (Å²) in [4.78, 5) is 8.68. The van der Waals surface area contributed by atoms with Gasteiger partial charge in [-0.15, -0.1) is 0 Å². The highest BCUT2D eigenvalue weighted by molar-refractivity contribution is 6.25. The van der Waals surface area contributed by atoms with Crippen molar-refractivity contribution in [3.05, 3.63) is 35.9 Å². The van der Waals surface area contributed by atoms with E-state index in [-0.39, 0.29) is 0 Å². The van der Waals surface area contributed by atoms with E-state index in [4.69, 9.17) is 4.80 Å². The van der Waals surface area contributed by atoms with Gasteiger partial charge < -0.3 is 4.80 Å². The summed E-state index contributed by atoms with van der Waals surface area (Å²) in [6.07, 6.45) is 2.27. The molecule has 0 atom stereocenters. The molecule has 1 aromatic carbocycles. The molecule has 0 aliphatic carbocycles. The maximum atomic E-state index is 8.68. The molecule has 1 rings (SSSR count). The molecule has 0 amide bonds. The molecular weight excluding hydrogens is 152 g/mol. The Labute approximate surface area is 70.0 Å². The number of rotatable bonds is 4. The second-order valence-electron chi connectivity index (χ2n) is 2.67. The van der Waals surface area contributed by atoms with Gasteiger partial charge in [-0.1, -0.05) is 36.8 Å². The maximum absolute atomic E-state index is 8.68. The first kappa shape index (κ1) is 8.49. The number of aryl methyl sites for hydroxylation is 1. The van der Waals surface area contributed by atoms with Gasteiger partial charge in [0.15, 0.2) is 9.76 Å². The molecule has 1 N–H and O–H groups in total. The first-order valence-electron chi connectivity index (χ1n) is 4.08. The van der Waals surface area contributed by atoms with Gasteiger partial charge in [-0.2, -0.15) is 0 Å². The molecule has 1 nitrogen and oxygen atoms in total. The molecule has 2 heteroatoms. The van der Waals surface area contributed by atoms with Gasteiger partial charge in [0, 0.05) is 0 Å². The van der Waals surface area contributed by atoms with Crippen LogP contribution in [0.2, 0.25) is 6.04 Å². The Balaban J connectivity index is 2.28. The zero-order valence-corrected chi connectivity index (χ0v) is 8.08. The molecule has 0 aliphatic heterocycles. The first-order valence-corrected chi connectivity index (χ1v) is 5.71. The van der Waals surface area contributed by atoms with E-state index < -0.39 is 9.76 Å². The number of hydrogen-bond donors (Lipinski definition) is 1. The fourth-order valence-corrected chi connectivity index (χ4v) is 1.56. The van der Waals surface area contributed by atoms with Gasteiger partial charge in [0.1, 0.15) is 0 Å². The third-order valence-electron chi connectivity index (χ3n) is 1.72. The van der Waals surface area contributed by atoms with Crippen molar-refractivity contribution in [2.45, 2.75) is 18.9 Å². The minimum Gasteiger partial charge on any atom is -0.438 e. The SMILES string of the molecule is O[SiH2]CCCc1ccccc1. The minimum absolute atomic E-state index is 0.702. The van der Waals surface area contributed by atoms with E-state index in [2.05, 4.69) is 24.3 Å². The van der Waals surface area contributed by atoms with Crippen LogP contribution in [0.4, 0.5) is 0 Å². The Hall–Kier alpha value is -0.603. The first-order chi connectivity index (χ1) is 5.43. The average molecular weight is 166 g/mol. The van der Waals surface area contributed by atoms with Crippen LogP contribution >= 0.6 is 0 Å². The smallest absolute Gasteiger partial charge is 0.156 e. The Morgan fingerprint density at radius 3 is 2.55 bits per heavy atom. The molecule has 0 heterocycles. The number of benzene rings is 1. The van der Waals surface area contributed by atoms with Crippen LogP contribution in [0.15, 0.2) is 30.3 Å². The molecule has 0 bridgehead atoms. The maximum Gasteiger partial charge on any atom is 0.156 e. The fraction of sp³-hybridized carbons (Fsp3) is 0.333. The van der Waals surface area contributed by atoms with Gasteiger partial charge in [-0.05, 0) is 18.0 Å². The van der Waals surface area contributed by atoms with E-state index in [0.29, 0.717) is 0 Å². The molecule has 0 radical (unpaired) electrons. The summed E-state index contributed by atoms with van der Waals surface area (Å²) in [6.45, 7) is 0. The van der Waals surface area contributed by atoms with Crippen molar-refractivity contribution in [2.75, 3.05) is 0 Å². The van der Waals surface area contributed by atoms with Crippen molar-refractivity contribution in [3.63, 3.8) is 0 Å². The van der Waals surface area contributed by atoms with Gasteiger partial charge >= 0.3 is 0 Å². The van der Waals surface area contributed by atoms with E-state index >= 15 is 0 Å². The van der Waals surface area contributed by atoms with Crippen LogP contribution in [-0.4, -0.2) is 14.6 Å².